The maximum absolute atomic E-state index is 13.3. The Morgan fingerprint density at radius 1 is 1.33 bits per heavy atom. The van der Waals surface area contributed by atoms with Gasteiger partial charge in [-0.05, 0) is 63.8 Å². The van der Waals surface area contributed by atoms with Gasteiger partial charge in [-0.25, -0.2) is 4.39 Å². The predicted octanol–water partition coefficient (Wildman–Crippen LogP) is 4.44. The van der Waals surface area contributed by atoms with Crippen molar-refractivity contribution in [2.45, 2.75) is 46.1 Å². The van der Waals surface area contributed by atoms with E-state index < -0.39 is 0 Å². The molecule has 1 unspecified atom stereocenters. The first-order chi connectivity index (χ1) is 8.28. The molecule has 0 heterocycles. The molecule has 0 aliphatic rings. The molecule has 1 aromatic rings. The normalized spacial score (nSPS) is 13.7. The third-order valence-corrected chi connectivity index (χ3v) is 3.17. The predicted molar refractivity (Wildman–Crippen MR) is 76.7 cm³/mol. The Hall–Kier alpha value is -0.600. The van der Waals surface area contributed by atoms with Gasteiger partial charge in [0.2, 0.25) is 0 Å². The van der Waals surface area contributed by atoms with Crippen molar-refractivity contribution in [3.63, 3.8) is 0 Å². The molecule has 1 N–H and O–H groups in total. The Kier molecular flexibility index (Phi) is 5.61. The number of hydrogen-bond acceptors (Lipinski definition) is 1. The summed E-state index contributed by atoms with van der Waals surface area (Å²) in [6.45, 7) is 9.66. The second kappa shape index (κ2) is 6.53. The molecule has 1 atom stereocenters. The lowest BCUT2D eigenvalue weighted by Crippen LogP contribution is -2.37. The summed E-state index contributed by atoms with van der Waals surface area (Å²) in [5, 5.41) is 3.66. The van der Waals surface area contributed by atoms with E-state index in [2.05, 4.69) is 33.0 Å². The van der Waals surface area contributed by atoms with Crippen LogP contribution in [0.5, 0.6) is 0 Å². The summed E-state index contributed by atoms with van der Waals surface area (Å²) >= 11 is 5.67. The first kappa shape index (κ1) is 15.5. The van der Waals surface area contributed by atoms with Crippen LogP contribution >= 0.6 is 11.6 Å². The fourth-order valence-electron chi connectivity index (χ4n) is 1.86. The van der Waals surface area contributed by atoms with E-state index in [0.717, 1.165) is 24.9 Å². The molecule has 0 radical (unpaired) electrons. The van der Waals surface area contributed by atoms with Gasteiger partial charge in [-0.3, -0.25) is 0 Å². The highest BCUT2D eigenvalue weighted by Crippen LogP contribution is 2.18. The average Bonchev–Trinajstić information content (AvgIpc) is 2.21. The lowest BCUT2D eigenvalue weighted by atomic mass is 9.97. The molecule has 1 nitrogen and oxygen atoms in total. The van der Waals surface area contributed by atoms with Gasteiger partial charge >= 0.3 is 0 Å². The largest absolute Gasteiger partial charge is 0.312 e. The van der Waals surface area contributed by atoms with E-state index in [1.165, 1.54) is 6.07 Å². The number of benzene rings is 1. The number of halogens is 2. The smallest absolute Gasteiger partial charge is 0.142 e. The molecule has 0 bridgehead atoms. The van der Waals surface area contributed by atoms with Gasteiger partial charge < -0.3 is 5.32 Å². The van der Waals surface area contributed by atoms with E-state index in [1.807, 2.05) is 6.07 Å². The van der Waals surface area contributed by atoms with E-state index in [1.54, 1.807) is 6.07 Å². The molecule has 0 amide bonds. The number of hydrogen-bond donors (Lipinski definition) is 1. The van der Waals surface area contributed by atoms with Crippen LogP contribution in [0.1, 0.15) is 39.7 Å². The van der Waals surface area contributed by atoms with Gasteiger partial charge in [0.15, 0.2) is 0 Å². The van der Waals surface area contributed by atoms with Crippen LogP contribution in [-0.4, -0.2) is 12.1 Å². The SMILES string of the molecule is CC(CCNC(C)(C)C)Cc1ccc(Cl)c(F)c1. The topological polar surface area (TPSA) is 12.0 Å². The van der Waals surface area contributed by atoms with Crippen LogP contribution in [0.4, 0.5) is 4.39 Å². The molecule has 0 saturated heterocycles. The molecule has 0 saturated carbocycles. The third-order valence-electron chi connectivity index (χ3n) is 2.86. The summed E-state index contributed by atoms with van der Waals surface area (Å²) in [4.78, 5) is 0. The van der Waals surface area contributed by atoms with Crippen molar-refractivity contribution in [2.24, 2.45) is 5.92 Å². The minimum Gasteiger partial charge on any atom is -0.312 e. The van der Waals surface area contributed by atoms with E-state index in [9.17, 15) is 4.39 Å². The van der Waals surface area contributed by atoms with Crippen LogP contribution in [0.3, 0.4) is 0 Å². The molecular formula is C15H23ClFN. The third kappa shape index (κ3) is 5.83. The van der Waals surface area contributed by atoms with E-state index in [0.29, 0.717) is 5.92 Å². The molecule has 0 spiro atoms. The summed E-state index contributed by atoms with van der Waals surface area (Å²) in [5.74, 6) is 0.203. The van der Waals surface area contributed by atoms with Gasteiger partial charge in [-0.15, -0.1) is 0 Å². The molecule has 0 aromatic heterocycles. The summed E-state index contributed by atoms with van der Waals surface area (Å²) in [6, 6.07) is 5.07. The van der Waals surface area contributed by atoms with E-state index >= 15 is 0 Å². The van der Waals surface area contributed by atoms with E-state index in [4.69, 9.17) is 11.6 Å². The summed E-state index contributed by atoms with van der Waals surface area (Å²) in [6.07, 6.45) is 1.97. The maximum Gasteiger partial charge on any atom is 0.142 e. The molecule has 0 aliphatic carbocycles. The van der Waals surface area contributed by atoms with Gasteiger partial charge in [0.05, 0.1) is 5.02 Å². The zero-order valence-electron chi connectivity index (χ0n) is 11.7. The van der Waals surface area contributed by atoms with Crippen LogP contribution < -0.4 is 5.32 Å². The summed E-state index contributed by atoms with van der Waals surface area (Å²) < 4.78 is 13.3. The minimum absolute atomic E-state index is 0.159. The van der Waals surface area contributed by atoms with Crippen molar-refractivity contribution >= 4 is 11.6 Å². The lowest BCUT2D eigenvalue weighted by molar-refractivity contribution is 0.394. The Labute approximate surface area is 115 Å². The Bertz CT molecular complexity index is 385. The number of rotatable bonds is 5. The zero-order chi connectivity index (χ0) is 13.8. The highest BCUT2D eigenvalue weighted by molar-refractivity contribution is 6.30. The molecule has 102 valence electrons. The highest BCUT2D eigenvalue weighted by Gasteiger charge is 2.10. The molecule has 0 fully saturated rings. The van der Waals surface area contributed by atoms with Gasteiger partial charge in [0.25, 0.3) is 0 Å². The van der Waals surface area contributed by atoms with Gasteiger partial charge in [0, 0.05) is 5.54 Å². The Morgan fingerprint density at radius 2 is 2.00 bits per heavy atom. The molecule has 1 rings (SSSR count). The highest BCUT2D eigenvalue weighted by atomic mass is 35.5. The van der Waals surface area contributed by atoms with Crippen molar-refractivity contribution in [3.05, 3.63) is 34.6 Å². The molecular weight excluding hydrogens is 249 g/mol. The van der Waals surface area contributed by atoms with Crippen LogP contribution in [0.15, 0.2) is 18.2 Å². The number of nitrogens with one attached hydrogen (secondary N) is 1. The van der Waals surface area contributed by atoms with Crippen molar-refractivity contribution < 1.29 is 4.39 Å². The zero-order valence-corrected chi connectivity index (χ0v) is 12.4. The fraction of sp³-hybridized carbons (Fsp3) is 0.600. The lowest BCUT2D eigenvalue weighted by Gasteiger charge is -2.22. The summed E-state index contributed by atoms with van der Waals surface area (Å²) in [5.41, 5.74) is 1.17. The van der Waals surface area contributed by atoms with Crippen LogP contribution in [0, 0.1) is 11.7 Å². The molecule has 1 aromatic carbocycles. The van der Waals surface area contributed by atoms with Gasteiger partial charge in [-0.1, -0.05) is 24.6 Å². The van der Waals surface area contributed by atoms with Crippen molar-refractivity contribution in [1.29, 1.82) is 0 Å². The van der Waals surface area contributed by atoms with Crippen molar-refractivity contribution in [1.82, 2.24) is 5.32 Å². The van der Waals surface area contributed by atoms with Crippen molar-refractivity contribution in [2.75, 3.05) is 6.54 Å². The standard InChI is InChI=1S/C15H23ClFN/c1-11(7-8-18-15(2,3)4)9-12-5-6-13(16)14(17)10-12/h5-6,10-11,18H,7-9H2,1-4H3. The quantitative estimate of drug-likeness (QED) is 0.835. The average molecular weight is 272 g/mol. The second-order valence-corrected chi connectivity index (χ2v) is 6.43. The molecule has 0 aliphatic heterocycles. The summed E-state index contributed by atoms with van der Waals surface area (Å²) in [7, 11) is 0. The van der Waals surface area contributed by atoms with Gasteiger partial charge in [-0.2, -0.15) is 0 Å². The first-order valence-corrected chi connectivity index (χ1v) is 6.84. The molecule has 18 heavy (non-hydrogen) atoms. The maximum atomic E-state index is 13.3. The first-order valence-electron chi connectivity index (χ1n) is 6.47. The monoisotopic (exact) mass is 271 g/mol. The van der Waals surface area contributed by atoms with Gasteiger partial charge in [0.1, 0.15) is 5.82 Å². The van der Waals surface area contributed by atoms with E-state index in [-0.39, 0.29) is 16.4 Å². The fourth-order valence-corrected chi connectivity index (χ4v) is 1.98. The van der Waals surface area contributed by atoms with Crippen LogP contribution in [0.25, 0.3) is 0 Å². The Balaban J connectivity index is 2.40. The van der Waals surface area contributed by atoms with Crippen LogP contribution in [-0.2, 0) is 6.42 Å². The minimum atomic E-state index is -0.325. The van der Waals surface area contributed by atoms with Crippen molar-refractivity contribution in [3.8, 4) is 0 Å². The molecule has 3 heteroatoms. The van der Waals surface area contributed by atoms with Crippen LogP contribution in [0.2, 0.25) is 5.02 Å². The Morgan fingerprint density at radius 3 is 2.56 bits per heavy atom. The second-order valence-electron chi connectivity index (χ2n) is 6.02.